The van der Waals surface area contributed by atoms with Crippen molar-refractivity contribution in [3.63, 3.8) is 0 Å². The molecule has 0 spiro atoms. The lowest BCUT2D eigenvalue weighted by Gasteiger charge is -2.10. The van der Waals surface area contributed by atoms with E-state index in [1.54, 1.807) is 18.2 Å². The summed E-state index contributed by atoms with van der Waals surface area (Å²) in [4.78, 5) is 0. The van der Waals surface area contributed by atoms with Crippen molar-refractivity contribution in [2.24, 2.45) is 0 Å². The van der Waals surface area contributed by atoms with Crippen LogP contribution in [0.1, 0.15) is 5.56 Å². The number of halogens is 2. The largest absolute Gasteiger partial charge is 0.490 e. The lowest BCUT2D eigenvalue weighted by Crippen LogP contribution is -2.09. The topological polar surface area (TPSA) is 30.5 Å². The Kier molecular flexibility index (Phi) is 6.18. The molecule has 0 fully saturated rings. The number of hydrogen-bond donors (Lipinski definition) is 1. The smallest absolute Gasteiger partial charge is 0.139 e. The molecule has 2 aromatic rings. The summed E-state index contributed by atoms with van der Waals surface area (Å²) in [5.41, 5.74) is 1.21. The van der Waals surface area contributed by atoms with Crippen LogP contribution in [-0.2, 0) is 6.54 Å². The van der Waals surface area contributed by atoms with Gasteiger partial charge in [-0.25, -0.2) is 0 Å². The average molecular weight is 326 g/mol. The number of nitrogens with one attached hydrogen (secondary N) is 1. The van der Waals surface area contributed by atoms with Crippen molar-refractivity contribution in [2.75, 3.05) is 20.3 Å². The van der Waals surface area contributed by atoms with Gasteiger partial charge in [-0.3, -0.25) is 0 Å². The Bertz CT molecular complexity index is 573. The highest BCUT2D eigenvalue weighted by molar-refractivity contribution is 6.34. The third kappa shape index (κ3) is 5.12. The van der Waals surface area contributed by atoms with Crippen LogP contribution >= 0.6 is 23.2 Å². The maximum absolute atomic E-state index is 6.01. The van der Waals surface area contributed by atoms with Crippen LogP contribution in [-0.4, -0.2) is 20.3 Å². The minimum absolute atomic E-state index is 0.401. The third-order valence-corrected chi connectivity index (χ3v) is 3.35. The van der Waals surface area contributed by atoms with Crippen molar-refractivity contribution in [2.45, 2.75) is 6.54 Å². The Morgan fingerprint density at radius 1 is 0.952 bits per heavy atom. The van der Waals surface area contributed by atoms with E-state index in [9.17, 15) is 0 Å². The van der Waals surface area contributed by atoms with Crippen LogP contribution < -0.4 is 14.8 Å². The molecule has 0 aliphatic heterocycles. The Morgan fingerprint density at radius 3 is 2.38 bits per heavy atom. The van der Waals surface area contributed by atoms with Gasteiger partial charge in [0.05, 0.1) is 5.02 Å². The Balaban J connectivity index is 1.77. The first-order valence-corrected chi connectivity index (χ1v) is 7.39. The van der Waals surface area contributed by atoms with Crippen LogP contribution in [0.5, 0.6) is 11.5 Å². The molecule has 0 unspecified atom stereocenters. The fourth-order valence-corrected chi connectivity index (χ4v) is 2.14. The van der Waals surface area contributed by atoms with Gasteiger partial charge in [-0.05, 0) is 36.9 Å². The van der Waals surface area contributed by atoms with Crippen LogP contribution in [0.4, 0.5) is 0 Å². The standard InChI is InChI=1S/C16H17Cl2NO2/c1-19-11-12-2-5-14(6-3-12)20-8-9-21-16-10-13(17)4-7-15(16)18/h2-7,10,19H,8-9,11H2,1H3. The first kappa shape index (κ1) is 16.0. The van der Waals surface area contributed by atoms with Gasteiger partial charge >= 0.3 is 0 Å². The molecule has 5 heteroatoms. The van der Waals surface area contributed by atoms with Crippen LogP contribution in [0, 0.1) is 0 Å². The van der Waals surface area contributed by atoms with Crippen LogP contribution in [0.15, 0.2) is 42.5 Å². The fourth-order valence-electron chi connectivity index (χ4n) is 1.81. The summed E-state index contributed by atoms with van der Waals surface area (Å²) in [6.45, 7) is 1.68. The van der Waals surface area contributed by atoms with Gasteiger partial charge in [-0.1, -0.05) is 35.3 Å². The Labute approximate surface area is 134 Å². The fraction of sp³-hybridized carbons (Fsp3) is 0.250. The summed E-state index contributed by atoms with van der Waals surface area (Å²) in [5, 5.41) is 4.23. The normalized spacial score (nSPS) is 10.4. The number of rotatable bonds is 7. The van der Waals surface area contributed by atoms with Gasteiger partial charge in [0, 0.05) is 17.6 Å². The van der Waals surface area contributed by atoms with E-state index in [2.05, 4.69) is 5.32 Å². The molecule has 0 amide bonds. The van der Waals surface area contributed by atoms with E-state index in [1.165, 1.54) is 5.56 Å². The molecule has 0 saturated heterocycles. The summed E-state index contributed by atoms with van der Waals surface area (Å²) >= 11 is 11.9. The van der Waals surface area contributed by atoms with E-state index in [0.29, 0.717) is 29.0 Å². The van der Waals surface area contributed by atoms with Gasteiger partial charge in [-0.15, -0.1) is 0 Å². The summed E-state index contributed by atoms with van der Waals surface area (Å²) in [6, 6.07) is 13.1. The Morgan fingerprint density at radius 2 is 1.67 bits per heavy atom. The molecular formula is C16H17Cl2NO2. The molecule has 0 aliphatic rings. The minimum atomic E-state index is 0.401. The molecular weight excluding hydrogens is 309 g/mol. The molecule has 0 radical (unpaired) electrons. The molecule has 1 N–H and O–H groups in total. The van der Waals surface area contributed by atoms with Crippen LogP contribution in [0.3, 0.4) is 0 Å². The summed E-state index contributed by atoms with van der Waals surface area (Å²) in [5.74, 6) is 1.38. The molecule has 112 valence electrons. The molecule has 3 nitrogen and oxygen atoms in total. The zero-order valence-corrected chi connectivity index (χ0v) is 13.2. The first-order valence-electron chi connectivity index (χ1n) is 6.63. The molecule has 0 aromatic heterocycles. The number of hydrogen-bond acceptors (Lipinski definition) is 3. The third-order valence-electron chi connectivity index (χ3n) is 2.81. The molecule has 0 bridgehead atoms. The molecule has 2 aromatic carbocycles. The van der Waals surface area contributed by atoms with Crippen molar-refractivity contribution in [1.29, 1.82) is 0 Å². The van der Waals surface area contributed by atoms with Crippen LogP contribution in [0.2, 0.25) is 10.0 Å². The SMILES string of the molecule is CNCc1ccc(OCCOc2cc(Cl)ccc2Cl)cc1. The quantitative estimate of drug-likeness (QED) is 0.775. The van der Waals surface area contributed by atoms with Gasteiger partial charge in [0.1, 0.15) is 24.7 Å². The number of ether oxygens (including phenoxy) is 2. The van der Waals surface area contributed by atoms with E-state index in [1.807, 2.05) is 31.3 Å². The minimum Gasteiger partial charge on any atom is -0.490 e. The molecule has 21 heavy (non-hydrogen) atoms. The predicted octanol–water partition coefficient (Wildman–Crippen LogP) is 4.17. The lowest BCUT2D eigenvalue weighted by molar-refractivity contribution is 0.217. The predicted molar refractivity (Wildman–Crippen MR) is 86.7 cm³/mol. The highest BCUT2D eigenvalue weighted by Gasteiger charge is 2.02. The summed E-state index contributed by atoms with van der Waals surface area (Å²) in [6.07, 6.45) is 0. The van der Waals surface area contributed by atoms with Gasteiger partial charge in [0.15, 0.2) is 0 Å². The monoisotopic (exact) mass is 325 g/mol. The second-order valence-electron chi connectivity index (χ2n) is 4.45. The second kappa shape index (κ2) is 8.13. The molecule has 0 saturated carbocycles. The molecule has 0 heterocycles. The van der Waals surface area contributed by atoms with Gasteiger partial charge in [-0.2, -0.15) is 0 Å². The van der Waals surface area contributed by atoms with Crippen molar-refractivity contribution in [1.82, 2.24) is 5.32 Å². The van der Waals surface area contributed by atoms with Crippen molar-refractivity contribution in [3.05, 3.63) is 58.1 Å². The van der Waals surface area contributed by atoms with Gasteiger partial charge in [0.2, 0.25) is 0 Å². The van der Waals surface area contributed by atoms with Crippen molar-refractivity contribution in [3.8, 4) is 11.5 Å². The molecule has 0 aliphatic carbocycles. The molecule has 0 atom stereocenters. The van der Waals surface area contributed by atoms with Gasteiger partial charge < -0.3 is 14.8 Å². The van der Waals surface area contributed by atoms with E-state index in [0.717, 1.165) is 12.3 Å². The van der Waals surface area contributed by atoms with Gasteiger partial charge in [0.25, 0.3) is 0 Å². The van der Waals surface area contributed by atoms with E-state index in [-0.39, 0.29) is 0 Å². The summed E-state index contributed by atoms with van der Waals surface area (Å²) in [7, 11) is 1.92. The van der Waals surface area contributed by atoms with Crippen LogP contribution in [0.25, 0.3) is 0 Å². The molecule has 2 rings (SSSR count). The first-order chi connectivity index (χ1) is 10.2. The van der Waals surface area contributed by atoms with E-state index in [4.69, 9.17) is 32.7 Å². The second-order valence-corrected chi connectivity index (χ2v) is 5.29. The van der Waals surface area contributed by atoms with E-state index < -0.39 is 0 Å². The maximum Gasteiger partial charge on any atom is 0.139 e. The Hall–Kier alpha value is -1.42. The zero-order valence-electron chi connectivity index (χ0n) is 11.7. The zero-order chi connectivity index (χ0) is 15.1. The van der Waals surface area contributed by atoms with E-state index >= 15 is 0 Å². The van der Waals surface area contributed by atoms with Crippen molar-refractivity contribution < 1.29 is 9.47 Å². The maximum atomic E-state index is 6.01. The highest BCUT2D eigenvalue weighted by atomic mass is 35.5. The average Bonchev–Trinajstić information content (AvgIpc) is 2.49. The number of benzene rings is 2. The summed E-state index contributed by atoms with van der Waals surface area (Å²) < 4.78 is 11.2. The lowest BCUT2D eigenvalue weighted by atomic mass is 10.2. The highest BCUT2D eigenvalue weighted by Crippen LogP contribution is 2.27. The van der Waals surface area contributed by atoms with Crippen molar-refractivity contribution >= 4 is 23.2 Å².